The average molecular weight is 699 g/mol. The van der Waals surface area contributed by atoms with Crippen LogP contribution in [-0.4, -0.2) is 89.4 Å². The fraction of sp³-hybridized carbons (Fsp3) is 0.474. The number of nitrogen functional groups attached to an aromatic ring is 2. The van der Waals surface area contributed by atoms with E-state index in [1.54, 1.807) is 0 Å². The molecule has 5 heterocycles. The second-order valence-corrected chi connectivity index (χ2v) is 13.3. The largest absolute Gasteiger partial charge is 0.783 e. The lowest BCUT2D eigenvalue weighted by atomic mass is 10.1. The van der Waals surface area contributed by atoms with Crippen molar-refractivity contribution >= 4 is 64.2 Å². The van der Waals surface area contributed by atoms with E-state index in [4.69, 9.17) is 50.7 Å². The summed E-state index contributed by atoms with van der Waals surface area (Å²) in [7, 11) is -10.7. The van der Waals surface area contributed by atoms with Crippen LogP contribution in [0.1, 0.15) is 6.23 Å². The Morgan fingerprint density at radius 1 is 1.00 bits per heavy atom. The maximum atomic E-state index is 12.5. The predicted molar refractivity (Wildman–Crippen MR) is 152 cm³/mol. The lowest BCUT2D eigenvalue weighted by molar-refractivity contribution is -0.0544. The number of ether oxygens (including phenoxy) is 2. The lowest BCUT2D eigenvalue weighted by Crippen LogP contribution is -2.53. The van der Waals surface area contributed by atoms with Gasteiger partial charge in [0, 0.05) is 6.20 Å². The van der Waals surface area contributed by atoms with Crippen LogP contribution in [0.25, 0.3) is 0 Å². The number of rotatable bonds is 9. The fourth-order valence-electron chi connectivity index (χ4n) is 4.38. The molecule has 2 unspecified atom stereocenters. The van der Waals surface area contributed by atoms with E-state index in [1.807, 2.05) is 0 Å². The molecule has 2 aromatic heterocycles. The van der Waals surface area contributed by atoms with Crippen LogP contribution >= 0.6 is 15.6 Å². The summed E-state index contributed by atoms with van der Waals surface area (Å²) < 4.78 is 50.7. The van der Waals surface area contributed by atoms with Gasteiger partial charge in [-0.1, -0.05) is 0 Å². The second-order valence-electron chi connectivity index (χ2n) is 9.41. The summed E-state index contributed by atoms with van der Waals surface area (Å²) in [5, 5.41) is 26.2. The number of H-pyrrole nitrogens is 1. The van der Waals surface area contributed by atoms with E-state index in [2.05, 4.69) is 34.4 Å². The Kier molecular flexibility index (Phi) is 9.05. The van der Waals surface area contributed by atoms with Crippen LogP contribution in [-0.2, 0) is 57.2 Å². The van der Waals surface area contributed by atoms with Crippen LogP contribution in [0.15, 0.2) is 31.7 Å². The molecule has 1 fully saturated rings. The Morgan fingerprint density at radius 2 is 1.68 bits per heavy atom. The van der Waals surface area contributed by atoms with Gasteiger partial charge in [0.2, 0.25) is 5.95 Å². The van der Waals surface area contributed by atoms with E-state index in [9.17, 15) is 38.7 Å². The molecule has 25 heteroatoms. The Morgan fingerprint density at radius 3 is 2.36 bits per heavy atom. The van der Waals surface area contributed by atoms with Crippen molar-refractivity contribution in [2.45, 2.75) is 42.9 Å². The molecule has 3 aliphatic rings. The molecule has 1 saturated heterocycles. The van der Waals surface area contributed by atoms with Crippen LogP contribution in [0.5, 0.6) is 0 Å². The first-order valence-electron chi connectivity index (χ1n) is 12.2. The van der Waals surface area contributed by atoms with Crippen molar-refractivity contribution in [3.05, 3.63) is 42.9 Å². The molecule has 3 aliphatic heterocycles. The highest BCUT2D eigenvalue weighted by Crippen LogP contribution is 2.60. The quantitative estimate of drug-likeness (QED) is 0.0950. The highest BCUT2D eigenvalue weighted by Gasteiger charge is 2.46. The summed E-state index contributed by atoms with van der Waals surface area (Å²) in [6, 6.07) is 0.424. The van der Waals surface area contributed by atoms with Crippen molar-refractivity contribution < 1.29 is 52.0 Å². The van der Waals surface area contributed by atoms with Crippen LogP contribution in [0.2, 0.25) is 0 Å². The number of aromatic amines is 1. The van der Waals surface area contributed by atoms with Crippen molar-refractivity contribution in [3.8, 4) is 0 Å². The van der Waals surface area contributed by atoms with Gasteiger partial charge in [0.25, 0.3) is 5.56 Å². The van der Waals surface area contributed by atoms with E-state index in [0.717, 1.165) is 10.8 Å². The van der Waals surface area contributed by atoms with Gasteiger partial charge in [-0.15, -0.1) is 0 Å². The molecule has 0 aromatic carbocycles. The van der Waals surface area contributed by atoms with Gasteiger partial charge in [0.15, 0.2) is 18.3 Å². The Hall–Kier alpha value is -2.76. The number of hydrogen-bond donors (Lipinski definition) is 9. The molecule has 44 heavy (non-hydrogen) atoms. The summed E-state index contributed by atoms with van der Waals surface area (Å²) >= 11 is 10.7. The molecule has 9 atom stereocenters. The van der Waals surface area contributed by atoms with E-state index in [0.29, 0.717) is 0 Å². The van der Waals surface area contributed by atoms with E-state index < -0.39 is 83.0 Å². The third-order valence-electron chi connectivity index (χ3n) is 6.41. The molecule has 0 amide bonds. The van der Waals surface area contributed by atoms with Gasteiger partial charge in [-0.25, -0.2) is 13.9 Å². The highest BCUT2D eigenvalue weighted by molar-refractivity contribution is 7.68. The number of fused-ring (bicyclic) bond motifs is 2. The molecule has 5 rings (SSSR count). The number of nitrogens with two attached hydrogens (primary N) is 2. The van der Waals surface area contributed by atoms with Crippen molar-refractivity contribution in [2.24, 2.45) is 0 Å². The number of aromatic nitrogens is 4. The Bertz CT molecular complexity index is 1690. The normalized spacial score (nSPS) is 30.8. The number of hydrogen-bond acceptors (Lipinski definition) is 19. The number of aliphatic hydroxyl groups is 2. The number of nitrogens with one attached hydrogen (secondary N) is 3. The third kappa shape index (κ3) is 6.74. The Labute approximate surface area is 256 Å². The summed E-state index contributed by atoms with van der Waals surface area (Å²) in [4.78, 5) is 54.2. The zero-order chi connectivity index (χ0) is 32.1. The fourth-order valence-corrected chi connectivity index (χ4v) is 7.03. The highest BCUT2D eigenvalue weighted by atomic mass is 32.1. The zero-order valence-corrected chi connectivity index (χ0v) is 25.2. The van der Waals surface area contributed by atoms with Gasteiger partial charge in [-0.3, -0.25) is 23.4 Å². The van der Waals surface area contributed by atoms with Crippen LogP contribution in [0.4, 0.5) is 23.3 Å². The molecule has 0 bridgehead atoms. The lowest BCUT2D eigenvalue weighted by Gasteiger charge is -2.49. The number of aliphatic hydroxyl groups excluding tert-OH is 2. The smallest absolute Gasteiger partial charge is 0.481 e. The summed E-state index contributed by atoms with van der Waals surface area (Å²) in [5.41, 5.74) is 9.54. The van der Waals surface area contributed by atoms with Crippen LogP contribution in [0.3, 0.4) is 0 Å². The molecular weight excluding hydrogens is 674 g/mol. The van der Waals surface area contributed by atoms with Crippen molar-refractivity contribution in [1.82, 2.24) is 19.5 Å². The standard InChI is InChI=1S/C19H26N8O13P2S2/c20-7-1-2-27(19(31)22-7)17-11(29)10(28)5(39-17)3-36-41(32,33)40-42(34,35)37-4-6-12(43)13(44)8-16(38-6)24-14-9(23-8)15(30)26-18(21)25-14/h1-2,5-6,8,10-11,16-17,23,28-29,43-44H,3-4H2,(H,32,33)(H,34,35)(H2,20,22,31)(H4,21,24,25,26,30)/p-2/t5-,6-,8+,10-,11-,16-,17-/m1/s1. The predicted octanol–water partition coefficient (Wildman–Crippen LogP) is -2.70. The van der Waals surface area contributed by atoms with Crippen LogP contribution < -0.4 is 33.3 Å². The van der Waals surface area contributed by atoms with Crippen molar-refractivity contribution in [2.75, 3.05) is 35.3 Å². The van der Waals surface area contributed by atoms with Gasteiger partial charge in [0.1, 0.15) is 29.8 Å². The Balaban J connectivity index is 1.18. The van der Waals surface area contributed by atoms with Gasteiger partial charge >= 0.3 is 21.3 Å². The molecule has 2 aromatic rings. The SMILES string of the molecule is Nc1ccn([C@@H]2O[C@H](COP(=O)(O)OP(=O)(O)OC[C@H]3O[C@H]4Nc5nc(N)[nH]c(=O)c5N[C@H]4C([S-])=C3[S-])[C@@H](O)[C@H]2O)c(=O)n1. The molecule has 11 N–H and O–H groups in total. The van der Waals surface area contributed by atoms with E-state index >= 15 is 0 Å². The molecule has 0 spiro atoms. The van der Waals surface area contributed by atoms with Crippen LogP contribution in [0, 0.1) is 0 Å². The third-order valence-corrected chi connectivity index (χ3v) is 10.1. The summed E-state index contributed by atoms with van der Waals surface area (Å²) in [6.07, 6.45) is -7.44. The summed E-state index contributed by atoms with van der Waals surface area (Å²) in [5.74, 6) is -0.236. The minimum atomic E-state index is -5.37. The van der Waals surface area contributed by atoms with Gasteiger partial charge in [-0.2, -0.15) is 24.1 Å². The number of nitrogens with zero attached hydrogens (tertiary/aromatic N) is 3. The number of phosphoric acid groups is 2. The van der Waals surface area contributed by atoms with Crippen molar-refractivity contribution in [1.29, 1.82) is 0 Å². The number of phosphoric ester groups is 2. The van der Waals surface area contributed by atoms with Crippen molar-refractivity contribution in [3.63, 3.8) is 0 Å². The molecule has 0 radical (unpaired) electrons. The maximum Gasteiger partial charge on any atom is 0.481 e. The summed E-state index contributed by atoms with van der Waals surface area (Å²) in [6.45, 7) is -1.72. The molecular formula is C19H24N8O13P2S2-2. The first kappa shape index (κ1) is 32.6. The average Bonchev–Trinajstić information content (AvgIpc) is 3.20. The molecule has 0 aliphatic carbocycles. The topological polar surface area (TPSA) is 318 Å². The first-order valence-corrected chi connectivity index (χ1v) is 16.0. The molecule has 242 valence electrons. The first-order chi connectivity index (χ1) is 20.5. The van der Waals surface area contributed by atoms with Gasteiger partial charge < -0.3 is 76.8 Å². The molecule has 0 saturated carbocycles. The minimum Gasteiger partial charge on any atom is -0.783 e. The monoisotopic (exact) mass is 698 g/mol. The maximum absolute atomic E-state index is 12.5. The van der Waals surface area contributed by atoms with Gasteiger partial charge in [-0.05, 0) is 6.07 Å². The minimum absolute atomic E-state index is 0.0295. The van der Waals surface area contributed by atoms with Gasteiger partial charge in [0.05, 0.1) is 25.4 Å². The zero-order valence-electron chi connectivity index (χ0n) is 21.8. The van der Waals surface area contributed by atoms with E-state index in [-0.39, 0.29) is 33.1 Å². The van der Waals surface area contributed by atoms with E-state index in [1.165, 1.54) is 6.07 Å². The molecule has 21 nitrogen and oxygen atoms in total. The second kappa shape index (κ2) is 12.2. The number of anilines is 4.